The molecule has 3 fully saturated rings. The van der Waals surface area contributed by atoms with Crippen LogP contribution in [0.4, 0.5) is 5.13 Å². The average Bonchev–Trinajstić information content (AvgIpc) is 3.99. The summed E-state index contributed by atoms with van der Waals surface area (Å²) >= 11 is 7.39. The van der Waals surface area contributed by atoms with Crippen LogP contribution in [0.15, 0.2) is 71.7 Å². The zero-order chi connectivity index (χ0) is 42.3. The summed E-state index contributed by atoms with van der Waals surface area (Å²) in [7, 11) is -2.38. The Morgan fingerprint density at radius 3 is 2.53 bits per heavy atom. The summed E-state index contributed by atoms with van der Waals surface area (Å²) in [4.78, 5) is 53.5. The number of amides is 3. The molecule has 3 aromatic rings. The van der Waals surface area contributed by atoms with E-state index in [4.69, 9.17) is 35.5 Å². The van der Waals surface area contributed by atoms with Crippen LogP contribution in [0.25, 0.3) is 17.0 Å². The lowest BCUT2D eigenvalue weighted by molar-refractivity contribution is -0.141. The highest BCUT2D eigenvalue weighted by molar-refractivity contribution is 7.91. The van der Waals surface area contributed by atoms with Crippen molar-refractivity contribution in [2.45, 2.75) is 82.4 Å². The van der Waals surface area contributed by atoms with Crippen molar-refractivity contribution in [3.05, 3.63) is 77.3 Å². The first kappa shape index (κ1) is 42.0. The number of hydrogen-bond donors (Lipinski definition) is 3. The lowest BCUT2D eigenvalue weighted by Crippen LogP contribution is -2.58. The van der Waals surface area contributed by atoms with Crippen molar-refractivity contribution in [3.63, 3.8) is 0 Å². The van der Waals surface area contributed by atoms with Crippen molar-refractivity contribution in [1.29, 1.82) is 0 Å². The number of carbonyl (C=O) groups excluding carboxylic acids is 3. The highest BCUT2D eigenvalue weighted by atomic mass is 35.5. The van der Waals surface area contributed by atoms with Crippen LogP contribution in [0.5, 0.6) is 11.5 Å². The number of sulfonamides is 1. The van der Waals surface area contributed by atoms with Gasteiger partial charge in [0.15, 0.2) is 22.5 Å². The molecule has 2 aliphatic heterocycles. The van der Waals surface area contributed by atoms with Gasteiger partial charge in [0.2, 0.25) is 28.6 Å². The van der Waals surface area contributed by atoms with Crippen molar-refractivity contribution in [1.82, 2.24) is 19.9 Å². The van der Waals surface area contributed by atoms with Crippen molar-refractivity contribution < 1.29 is 41.7 Å². The number of halogens is 1. The molecule has 0 bridgehead atoms. The summed E-state index contributed by atoms with van der Waals surface area (Å²) in [6.45, 7) is 11.3. The number of rotatable bonds is 14. The van der Waals surface area contributed by atoms with E-state index in [1.807, 2.05) is 44.4 Å². The third-order valence-electron chi connectivity index (χ3n) is 10.7. The Labute approximate surface area is 352 Å². The summed E-state index contributed by atoms with van der Waals surface area (Å²) in [5.74, 6) is -0.372. The lowest BCUT2D eigenvalue weighted by atomic mass is 9.85. The van der Waals surface area contributed by atoms with E-state index in [2.05, 4.69) is 26.9 Å². The van der Waals surface area contributed by atoms with E-state index in [9.17, 15) is 22.8 Å². The Balaban J connectivity index is 1.14. The number of ether oxygens (including phenoxy) is 4. The number of hydrogen-bond acceptors (Lipinski definition) is 13. The van der Waals surface area contributed by atoms with Gasteiger partial charge in [-0.05, 0) is 67.1 Å². The number of fused-ring (bicyclic) bond motifs is 1. The normalized spacial score (nSPS) is 23.3. The van der Waals surface area contributed by atoms with Crippen LogP contribution in [0, 0.1) is 11.3 Å². The summed E-state index contributed by atoms with van der Waals surface area (Å²) in [6.07, 6.45) is 3.48. The van der Waals surface area contributed by atoms with Crippen LogP contribution < -0.4 is 24.8 Å². The van der Waals surface area contributed by atoms with Crippen molar-refractivity contribution >= 4 is 67.5 Å². The Bertz CT molecular complexity index is 2300. The smallest absolute Gasteiger partial charge is 0.259 e. The topological polar surface area (TPSA) is 187 Å². The third-order valence-corrected chi connectivity index (χ3v) is 13.5. The summed E-state index contributed by atoms with van der Waals surface area (Å²) in [6, 6.07) is 10.6. The van der Waals surface area contributed by atoms with Gasteiger partial charge in [0.05, 0.1) is 30.8 Å². The maximum Gasteiger partial charge on any atom is 0.259 e. The monoisotopic (exact) mass is 866 g/mol. The van der Waals surface area contributed by atoms with Gasteiger partial charge in [0.1, 0.15) is 29.5 Å². The third kappa shape index (κ3) is 9.21. The quantitative estimate of drug-likeness (QED) is 0.0777. The average molecular weight is 867 g/mol. The second kappa shape index (κ2) is 16.5. The number of carbonyl (C=O) groups is 3. The van der Waals surface area contributed by atoms with Crippen LogP contribution in [0.2, 0.25) is 5.02 Å². The number of thiazole rings is 1. The van der Waals surface area contributed by atoms with Gasteiger partial charge in [-0.3, -0.25) is 19.1 Å². The van der Waals surface area contributed by atoms with E-state index in [1.54, 1.807) is 31.2 Å². The summed E-state index contributed by atoms with van der Waals surface area (Å²) in [5.41, 5.74) is 0.0140. The van der Waals surface area contributed by atoms with E-state index in [1.165, 1.54) is 35.6 Å². The minimum Gasteiger partial charge on any atom is -0.495 e. The second-order valence-electron chi connectivity index (χ2n) is 16.1. The van der Waals surface area contributed by atoms with Gasteiger partial charge >= 0.3 is 0 Å². The first-order valence-electron chi connectivity index (χ1n) is 19.2. The van der Waals surface area contributed by atoms with Crippen molar-refractivity contribution in [2.75, 3.05) is 25.8 Å². The van der Waals surface area contributed by atoms with Crippen LogP contribution in [0.1, 0.15) is 58.9 Å². The second-order valence-corrected chi connectivity index (χ2v) is 19.3. The molecule has 7 rings (SSSR count). The van der Waals surface area contributed by atoms with Gasteiger partial charge in [-0.1, -0.05) is 38.4 Å². The van der Waals surface area contributed by atoms with E-state index >= 15 is 0 Å². The first-order valence-corrected chi connectivity index (χ1v) is 22.0. The van der Waals surface area contributed by atoms with E-state index in [0.29, 0.717) is 45.9 Å². The van der Waals surface area contributed by atoms with Crippen molar-refractivity contribution in [3.8, 4) is 22.8 Å². The van der Waals surface area contributed by atoms with E-state index < -0.39 is 68.1 Å². The highest BCUT2D eigenvalue weighted by Gasteiger charge is 2.62. The molecule has 5 atom stereocenters. The number of nitrogens with one attached hydrogen (secondary N) is 3. The molecule has 15 nitrogen and oxygen atoms in total. The van der Waals surface area contributed by atoms with Gasteiger partial charge in [-0.15, -0.1) is 17.9 Å². The molecule has 2 aromatic carbocycles. The molecular weight excluding hydrogens is 820 g/mol. The van der Waals surface area contributed by atoms with E-state index in [-0.39, 0.29) is 32.1 Å². The number of methoxy groups -OCH3 is 1. The fourth-order valence-corrected chi connectivity index (χ4v) is 9.38. The zero-order valence-corrected chi connectivity index (χ0v) is 35.7. The molecule has 314 valence electrons. The predicted octanol–water partition coefficient (Wildman–Crippen LogP) is 5.74. The molecule has 4 aliphatic rings. The molecule has 2 saturated carbocycles. The largest absolute Gasteiger partial charge is 0.495 e. The number of benzene rings is 2. The Morgan fingerprint density at radius 1 is 1.14 bits per heavy atom. The fourth-order valence-electron chi connectivity index (χ4n) is 7.14. The molecule has 0 spiro atoms. The SMILES string of the molecule is C=C[C@@H]1C[C@]1(NC(=O)[C@@H]1C[C@@H](OC(C)=N/C=C(/OC)c2ccc(Cl)cc2)CN1C(=O)[C@@H](Nc1nc(-c2ccc3c(c2)OCO3)cs1)C(C)(C)C)C(=O)NS(=O)(=O)C1CC1. The molecule has 0 radical (unpaired) electrons. The molecular formula is C41H47ClN6O9S2. The minimum atomic E-state index is -3.90. The highest BCUT2D eigenvalue weighted by Crippen LogP contribution is 2.46. The van der Waals surface area contributed by atoms with Gasteiger partial charge in [-0.25, -0.2) is 18.4 Å². The standard InChI is InChI=1S/C41H47ClN6O9S2/c1-7-26-18-41(26,38(51)47-59(52,53)29-13-14-29)46-36(49)31-17-28(57-23(2)43-19-34(54-6)24-8-11-27(42)12-9-24)20-48(31)37(50)35(40(3,4)5)45-39-44-30(21-58-39)25-10-15-32-33(16-25)56-22-55-32/h7-12,15-16,19,21,26,28-29,31,35H,1,13-14,17-18,20,22H2,2-6H3,(H,44,45)(H,46,49)(H,47,51)/b34-19+,43-23?/t26-,28-,31+,35-,41-/m1/s1. The van der Waals surface area contributed by atoms with Crippen LogP contribution in [-0.2, 0) is 33.9 Å². The molecule has 18 heteroatoms. The maximum atomic E-state index is 14.8. The molecule has 1 saturated heterocycles. The van der Waals surface area contributed by atoms with Crippen molar-refractivity contribution in [2.24, 2.45) is 16.3 Å². The molecule has 0 unspecified atom stereocenters. The van der Waals surface area contributed by atoms with Gasteiger partial charge in [-0.2, -0.15) is 0 Å². The summed E-state index contributed by atoms with van der Waals surface area (Å²) in [5, 5.41) is 8.47. The van der Waals surface area contributed by atoms with Gasteiger partial charge in [0.25, 0.3) is 5.91 Å². The molecule has 1 aromatic heterocycles. The number of aromatic nitrogens is 1. The summed E-state index contributed by atoms with van der Waals surface area (Å²) < 4.78 is 50.5. The molecule has 59 heavy (non-hydrogen) atoms. The van der Waals surface area contributed by atoms with Crippen LogP contribution >= 0.6 is 22.9 Å². The fraction of sp³-hybridized carbons (Fsp3) is 0.439. The zero-order valence-electron chi connectivity index (χ0n) is 33.3. The number of anilines is 1. The maximum absolute atomic E-state index is 14.8. The Hall–Kier alpha value is -5.13. The first-order chi connectivity index (χ1) is 28.0. The lowest BCUT2D eigenvalue weighted by Gasteiger charge is -2.35. The van der Waals surface area contributed by atoms with Gasteiger partial charge < -0.3 is 34.5 Å². The minimum absolute atomic E-state index is 0.0104. The number of aliphatic imine (C=N–C) groups is 1. The molecule has 3 amide bonds. The molecule has 3 heterocycles. The van der Waals surface area contributed by atoms with Crippen LogP contribution in [-0.4, -0.2) is 91.3 Å². The Kier molecular flexibility index (Phi) is 11.7. The number of nitrogens with zero attached hydrogens (tertiary/aromatic N) is 3. The predicted molar refractivity (Wildman–Crippen MR) is 224 cm³/mol. The van der Waals surface area contributed by atoms with Gasteiger partial charge in [0, 0.05) is 40.8 Å². The Morgan fingerprint density at radius 2 is 1.86 bits per heavy atom. The van der Waals surface area contributed by atoms with Crippen LogP contribution in [0.3, 0.4) is 0 Å². The number of likely N-dealkylation sites (tertiary alicyclic amines) is 1. The molecule has 2 aliphatic carbocycles. The van der Waals surface area contributed by atoms with E-state index in [0.717, 1.165) is 11.1 Å². The molecule has 3 N–H and O–H groups in total.